The standard InChI is InChI=1S/C30H33NO13S/c1-18(32)39-16-25-27(40-19(2)33)28(41-20(3)34)29(42-21(4)35)30(43-25)44-31-26(36)14-13-22-11-8-12-24(15-22)45(37,38)17-23-9-6-5-7-10-23/h5-15,25,27-30H,16-17H2,1-4H3,(H,31,36)/b14-13+/t25-,27+,28+,29-,30+/m1/s1. The number of hydrogen-bond acceptors (Lipinski definition) is 13. The van der Waals surface area contributed by atoms with Gasteiger partial charge in [0.25, 0.3) is 5.91 Å². The maximum atomic E-state index is 12.9. The minimum absolute atomic E-state index is 0.0580. The molecule has 1 N–H and O–H groups in total. The van der Waals surface area contributed by atoms with E-state index in [9.17, 15) is 32.4 Å². The van der Waals surface area contributed by atoms with Gasteiger partial charge >= 0.3 is 23.9 Å². The Labute approximate surface area is 259 Å². The third-order valence-electron chi connectivity index (χ3n) is 6.07. The van der Waals surface area contributed by atoms with Crippen molar-refractivity contribution < 1.29 is 60.9 Å². The molecular weight excluding hydrogens is 614 g/mol. The van der Waals surface area contributed by atoms with Crippen molar-refractivity contribution in [1.29, 1.82) is 0 Å². The zero-order valence-corrected chi connectivity index (χ0v) is 25.7. The number of sulfone groups is 1. The van der Waals surface area contributed by atoms with E-state index in [0.29, 0.717) is 11.1 Å². The SMILES string of the molecule is CC(=O)OC[C@H]1O[C@@H](ONC(=O)/C=C/c2cccc(S(=O)(=O)Cc3ccccc3)c2)[C@H](OC(C)=O)[C@@H](OC(C)=O)[C@H]1OC(C)=O. The van der Waals surface area contributed by atoms with Crippen LogP contribution in [0.3, 0.4) is 0 Å². The van der Waals surface area contributed by atoms with E-state index in [1.165, 1.54) is 24.3 Å². The molecule has 45 heavy (non-hydrogen) atoms. The van der Waals surface area contributed by atoms with Gasteiger partial charge in [-0.15, -0.1) is 0 Å². The fourth-order valence-electron chi connectivity index (χ4n) is 4.29. The Balaban J connectivity index is 1.77. The van der Waals surface area contributed by atoms with Crippen LogP contribution in [0.2, 0.25) is 0 Å². The van der Waals surface area contributed by atoms with Gasteiger partial charge in [0.05, 0.1) is 10.6 Å². The van der Waals surface area contributed by atoms with E-state index in [4.69, 9.17) is 28.5 Å². The summed E-state index contributed by atoms with van der Waals surface area (Å²) in [5.41, 5.74) is 3.12. The molecule has 2 aromatic rings. The number of benzene rings is 2. The number of nitrogens with one attached hydrogen (secondary N) is 1. The predicted octanol–water partition coefficient (Wildman–Crippen LogP) is 1.80. The van der Waals surface area contributed by atoms with Gasteiger partial charge in [-0.3, -0.25) is 24.0 Å². The quantitative estimate of drug-likeness (QED) is 0.152. The summed E-state index contributed by atoms with van der Waals surface area (Å²) in [7, 11) is -3.67. The van der Waals surface area contributed by atoms with Crippen LogP contribution >= 0.6 is 0 Å². The molecule has 1 amide bonds. The first-order valence-corrected chi connectivity index (χ1v) is 15.2. The van der Waals surface area contributed by atoms with E-state index in [1.54, 1.807) is 36.4 Å². The van der Waals surface area contributed by atoms with Crippen molar-refractivity contribution in [2.24, 2.45) is 0 Å². The summed E-state index contributed by atoms with van der Waals surface area (Å²) in [6.45, 7) is 3.86. The zero-order valence-electron chi connectivity index (χ0n) is 24.9. The summed E-state index contributed by atoms with van der Waals surface area (Å²) < 4.78 is 52.4. The number of amides is 1. The van der Waals surface area contributed by atoms with Crippen LogP contribution in [0, 0.1) is 0 Å². The molecule has 3 rings (SSSR count). The van der Waals surface area contributed by atoms with E-state index in [-0.39, 0.29) is 10.6 Å². The first-order valence-electron chi connectivity index (χ1n) is 13.6. The van der Waals surface area contributed by atoms with E-state index < -0.39 is 76.9 Å². The minimum Gasteiger partial charge on any atom is -0.463 e. The Kier molecular flexibility index (Phi) is 12.3. The minimum atomic E-state index is -3.67. The van der Waals surface area contributed by atoms with Crippen molar-refractivity contribution in [2.45, 2.75) is 69.0 Å². The monoisotopic (exact) mass is 647 g/mol. The highest BCUT2D eigenvalue weighted by atomic mass is 32.2. The predicted molar refractivity (Wildman–Crippen MR) is 154 cm³/mol. The maximum Gasteiger partial charge on any atom is 0.303 e. The molecule has 1 aliphatic rings. The molecule has 2 aromatic carbocycles. The molecule has 5 atom stereocenters. The lowest BCUT2D eigenvalue weighted by molar-refractivity contribution is -0.318. The maximum absolute atomic E-state index is 12.9. The van der Waals surface area contributed by atoms with Crippen LogP contribution in [-0.2, 0) is 68.1 Å². The molecule has 0 saturated carbocycles. The van der Waals surface area contributed by atoms with Gasteiger partial charge < -0.3 is 23.7 Å². The molecule has 242 valence electrons. The molecule has 15 heteroatoms. The fraction of sp³-hybridized carbons (Fsp3) is 0.367. The number of hydroxylamine groups is 1. The van der Waals surface area contributed by atoms with Gasteiger partial charge in [-0.05, 0) is 29.3 Å². The van der Waals surface area contributed by atoms with E-state index in [1.807, 2.05) is 0 Å². The second-order valence-electron chi connectivity index (χ2n) is 9.80. The number of ether oxygens (including phenoxy) is 5. The summed E-state index contributed by atoms with van der Waals surface area (Å²) in [6, 6.07) is 14.7. The molecular formula is C30H33NO13S. The summed E-state index contributed by atoms with van der Waals surface area (Å²) in [5.74, 6) is -4.21. The Morgan fingerprint density at radius 3 is 2.04 bits per heavy atom. The highest BCUT2D eigenvalue weighted by Gasteiger charge is 2.53. The molecule has 0 radical (unpaired) electrons. The molecule has 14 nitrogen and oxygen atoms in total. The highest BCUT2D eigenvalue weighted by Crippen LogP contribution is 2.29. The summed E-state index contributed by atoms with van der Waals surface area (Å²) in [6.07, 6.45) is -4.93. The Morgan fingerprint density at radius 2 is 1.42 bits per heavy atom. The molecule has 0 bridgehead atoms. The van der Waals surface area contributed by atoms with Gasteiger partial charge in [0.2, 0.25) is 6.29 Å². The molecule has 1 aliphatic heterocycles. The second kappa shape index (κ2) is 15.9. The second-order valence-corrected chi connectivity index (χ2v) is 11.8. The van der Waals surface area contributed by atoms with Gasteiger partial charge in [-0.25, -0.2) is 18.7 Å². The van der Waals surface area contributed by atoms with Crippen LogP contribution in [0.5, 0.6) is 0 Å². The third kappa shape index (κ3) is 10.8. The van der Waals surface area contributed by atoms with E-state index >= 15 is 0 Å². The summed E-state index contributed by atoms with van der Waals surface area (Å²) >= 11 is 0. The van der Waals surface area contributed by atoms with E-state index in [0.717, 1.165) is 33.8 Å². The Bertz CT molecular complexity index is 1520. The van der Waals surface area contributed by atoms with Crippen molar-refractivity contribution in [1.82, 2.24) is 5.48 Å². The molecule has 1 heterocycles. The molecule has 1 fully saturated rings. The van der Waals surface area contributed by atoms with Gasteiger partial charge in [-0.2, -0.15) is 0 Å². The number of rotatable bonds is 12. The van der Waals surface area contributed by atoms with Crippen LogP contribution < -0.4 is 5.48 Å². The van der Waals surface area contributed by atoms with Gasteiger partial charge in [0.1, 0.15) is 12.7 Å². The number of esters is 4. The number of hydrogen-bond donors (Lipinski definition) is 1. The lowest BCUT2D eigenvalue weighted by Gasteiger charge is -2.43. The van der Waals surface area contributed by atoms with Crippen LogP contribution in [0.15, 0.2) is 65.6 Å². The molecule has 0 aliphatic carbocycles. The van der Waals surface area contributed by atoms with Crippen molar-refractivity contribution in [2.75, 3.05) is 6.61 Å². The zero-order chi connectivity index (χ0) is 33.1. The Morgan fingerprint density at radius 1 is 0.800 bits per heavy atom. The number of carbonyl (C=O) groups excluding carboxylic acids is 5. The van der Waals surface area contributed by atoms with Crippen molar-refractivity contribution in [3.05, 3.63) is 71.8 Å². The smallest absolute Gasteiger partial charge is 0.303 e. The lowest BCUT2D eigenvalue weighted by Crippen LogP contribution is -2.63. The molecule has 0 aromatic heterocycles. The van der Waals surface area contributed by atoms with Gasteiger partial charge in [0, 0.05) is 33.8 Å². The first kappa shape index (κ1) is 34.9. The first-order chi connectivity index (χ1) is 21.2. The van der Waals surface area contributed by atoms with Crippen LogP contribution in [0.4, 0.5) is 0 Å². The van der Waals surface area contributed by atoms with E-state index in [2.05, 4.69) is 5.48 Å². The van der Waals surface area contributed by atoms with Crippen molar-refractivity contribution in [3.63, 3.8) is 0 Å². The molecule has 0 spiro atoms. The third-order valence-corrected chi connectivity index (χ3v) is 7.75. The molecule has 1 saturated heterocycles. The van der Waals surface area contributed by atoms with Crippen molar-refractivity contribution >= 4 is 45.7 Å². The van der Waals surface area contributed by atoms with Gasteiger partial charge in [-0.1, -0.05) is 42.5 Å². The summed E-state index contributed by atoms with van der Waals surface area (Å²) in [4.78, 5) is 65.2. The van der Waals surface area contributed by atoms with Crippen LogP contribution in [-0.4, -0.2) is 75.5 Å². The average molecular weight is 648 g/mol. The van der Waals surface area contributed by atoms with Gasteiger partial charge in [0.15, 0.2) is 28.1 Å². The van der Waals surface area contributed by atoms with Crippen molar-refractivity contribution in [3.8, 4) is 0 Å². The number of carbonyl (C=O) groups is 5. The fourth-order valence-corrected chi connectivity index (χ4v) is 5.69. The van der Waals surface area contributed by atoms with Crippen LogP contribution in [0.25, 0.3) is 6.08 Å². The Hall–Kier alpha value is -4.60. The lowest BCUT2D eigenvalue weighted by atomic mass is 9.98. The largest absolute Gasteiger partial charge is 0.463 e. The average Bonchev–Trinajstić information content (AvgIpc) is 2.96. The van der Waals surface area contributed by atoms with Crippen LogP contribution in [0.1, 0.15) is 38.8 Å². The normalized spacial score (nSPS) is 21.4. The molecule has 0 unspecified atom stereocenters. The highest BCUT2D eigenvalue weighted by molar-refractivity contribution is 7.90. The topological polar surface area (TPSA) is 187 Å². The summed E-state index contributed by atoms with van der Waals surface area (Å²) in [5, 5.41) is 0.